The van der Waals surface area contributed by atoms with E-state index >= 15 is 0 Å². The Balaban J connectivity index is 1.98. The van der Waals surface area contributed by atoms with Gasteiger partial charge >= 0.3 is 5.97 Å². The maximum atomic E-state index is 12.5. The lowest BCUT2D eigenvalue weighted by Crippen LogP contribution is -2.42. The van der Waals surface area contributed by atoms with Gasteiger partial charge in [0, 0.05) is 18.9 Å². The highest BCUT2D eigenvalue weighted by atomic mass is 35.5. The Morgan fingerprint density at radius 2 is 2.33 bits per heavy atom. The fourth-order valence-electron chi connectivity index (χ4n) is 2.45. The van der Waals surface area contributed by atoms with Gasteiger partial charge in [0.05, 0.1) is 5.02 Å². The smallest absolute Gasteiger partial charge is 0.306 e. The van der Waals surface area contributed by atoms with E-state index in [0.717, 1.165) is 12.8 Å². The number of esters is 1. The minimum Gasteiger partial charge on any atom is -0.451 e. The number of aromatic nitrogens is 1. The minimum atomic E-state index is -0.938. The molecule has 1 atom stereocenters. The second-order valence-electron chi connectivity index (χ2n) is 5.27. The van der Waals surface area contributed by atoms with Gasteiger partial charge in [0.25, 0.3) is 5.82 Å². The van der Waals surface area contributed by atoms with Crippen LogP contribution in [0, 0.1) is 0 Å². The van der Waals surface area contributed by atoms with E-state index in [0.29, 0.717) is 30.1 Å². The molecule has 1 saturated heterocycles. The summed E-state index contributed by atoms with van der Waals surface area (Å²) in [5.74, 6) is 0.338. The molecule has 114 valence electrons. The number of unbranched alkanes of at least 4 members (excludes halogenated alkanes) is 1. The van der Waals surface area contributed by atoms with E-state index in [-0.39, 0.29) is 18.3 Å². The summed E-state index contributed by atoms with van der Waals surface area (Å²) in [6.45, 7) is 2.17. The molecule has 0 spiro atoms. The number of ether oxygens (including phenoxy) is 1. The van der Waals surface area contributed by atoms with Crippen molar-refractivity contribution < 1.29 is 19.3 Å². The standard InChI is InChI=1S/C15H19ClN2O3/c1-2-3-7-15(8-6-14(20)21-15)12(19)10-18-13-5-4-11(16)9-17-13/h4-5,9H,2-3,6-8,10H2,1H3,(H,17,18)/p+1/t15-/m0/s1. The van der Waals surface area contributed by atoms with Crippen molar-refractivity contribution in [3.05, 3.63) is 23.4 Å². The maximum absolute atomic E-state index is 12.5. The zero-order chi connectivity index (χ0) is 15.3. The van der Waals surface area contributed by atoms with Gasteiger partial charge in [0.15, 0.2) is 5.60 Å². The largest absolute Gasteiger partial charge is 0.451 e. The lowest BCUT2D eigenvalue weighted by molar-refractivity contribution is -0.360. The summed E-state index contributed by atoms with van der Waals surface area (Å²) < 4.78 is 5.36. The molecule has 2 N–H and O–H groups in total. The number of H-pyrrole nitrogens is 1. The average Bonchev–Trinajstić information content (AvgIpc) is 2.87. The number of pyridine rings is 1. The number of hydrogen-bond acceptors (Lipinski definition) is 4. The number of anilines is 1. The highest BCUT2D eigenvalue weighted by Gasteiger charge is 2.46. The summed E-state index contributed by atoms with van der Waals surface area (Å²) in [6, 6.07) is 3.49. The molecule has 2 rings (SSSR count). The highest BCUT2D eigenvalue weighted by Crippen LogP contribution is 2.32. The van der Waals surface area contributed by atoms with E-state index in [1.54, 1.807) is 18.3 Å². The zero-order valence-electron chi connectivity index (χ0n) is 12.1. The van der Waals surface area contributed by atoms with Crippen LogP contribution in [0.5, 0.6) is 0 Å². The lowest BCUT2D eigenvalue weighted by atomic mass is 9.89. The van der Waals surface area contributed by atoms with Crippen molar-refractivity contribution in [3.8, 4) is 0 Å². The van der Waals surface area contributed by atoms with Crippen LogP contribution in [0.1, 0.15) is 39.0 Å². The molecule has 2 heterocycles. The maximum Gasteiger partial charge on any atom is 0.306 e. The molecule has 1 fully saturated rings. The Labute approximate surface area is 129 Å². The molecule has 1 aliphatic rings. The predicted octanol–water partition coefficient (Wildman–Crippen LogP) is 2.40. The van der Waals surface area contributed by atoms with Gasteiger partial charge in [0.2, 0.25) is 5.78 Å². The van der Waals surface area contributed by atoms with E-state index in [1.807, 2.05) is 0 Å². The van der Waals surface area contributed by atoms with Crippen LogP contribution in [-0.4, -0.2) is 23.9 Å². The molecule has 1 aromatic rings. The molecule has 0 radical (unpaired) electrons. The quantitative estimate of drug-likeness (QED) is 0.785. The summed E-state index contributed by atoms with van der Waals surface area (Å²) in [6.07, 6.45) is 4.87. The lowest BCUT2D eigenvalue weighted by Gasteiger charge is -2.25. The van der Waals surface area contributed by atoms with Crippen LogP contribution in [0.25, 0.3) is 0 Å². The van der Waals surface area contributed by atoms with Crippen molar-refractivity contribution in [1.29, 1.82) is 0 Å². The molecule has 5 nitrogen and oxygen atoms in total. The second kappa shape index (κ2) is 6.89. The van der Waals surface area contributed by atoms with Gasteiger partial charge in [-0.05, 0) is 18.9 Å². The van der Waals surface area contributed by atoms with Crippen LogP contribution in [-0.2, 0) is 14.3 Å². The molecular formula is C15H20ClN2O3+. The summed E-state index contributed by atoms with van der Waals surface area (Å²) in [5, 5.41) is 3.60. The minimum absolute atomic E-state index is 0.0786. The van der Waals surface area contributed by atoms with Gasteiger partial charge in [-0.1, -0.05) is 24.9 Å². The molecule has 0 bridgehead atoms. The van der Waals surface area contributed by atoms with Gasteiger partial charge in [-0.15, -0.1) is 0 Å². The van der Waals surface area contributed by atoms with Crippen LogP contribution in [0.15, 0.2) is 18.3 Å². The van der Waals surface area contributed by atoms with E-state index < -0.39 is 5.60 Å². The van der Waals surface area contributed by atoms with Crippen molar-refractivity contribution >= 4 is 29.2 Å². The normalized spacial score (nSPS) is 21.1. The highest BCUT2D eigenvalue weighted by molar-refractivity contribution is 6.30. The first-order valence-electron chi connectivity index (χ1n) is 7.22. The molecule has 0 saturated carbocycles. The summed E-state index contributed by atoms with van der Waals surface area (Å²) in [4.78, 5) is 26.8. The number of cyclic esters (lactones) is 1. The van der Waals surface area contributed by atoms with Crippen LogP contribution >= 0.6 is 11.6 Å². The number of ketones is 1. The monoisotopic (exact) mass is 311 g/mol. The second-order valence-corrected chi connectivity index (χ2v) is 5.71. The Hall–Kier alpha value is -1.62. The van der Waals surface area contributed by atoms with Crippen molar-refractivity contribution in [2.75, 3.05) is 11.9 Å². The van der Waals surface area contributed by atoms with Gasteiger partial charge in [-0.3, -0.25) is 14.9 Å². The SMILES string of the molecule is CCCC[C@@]1(C(=O)CNc2ccc(Cl)c[nH+]2)CCC(=O)O1. The van der Waals surface area contributed by atoms with Gasteiger partial charge < -0.3 is 4.74 Å². The number of carbonyl (C=O) groups excluding carboxylic acids is 2. The number of Topliss-reactive ketones (excluding diaryl/α,β-unsaturated/α-hetero) is 1. The number of nitrogens with one attached hydrogen (secondary N) is 2. The third kappa shape index (κ3) is 3.94. The van der Waals surface area contributed by atoms with Crippen LogP contribution in [0.4, 0.5) is 5.82 Å². The van der Waals surface area contributed by atoms with Gasteiger partial charge in [0.1, 0.15) is 12.7 Å². The zero-order valence-corrected chi connectivity index (χ0v) is 12.8. The number of rotatable bonds is 7. The molecule has 0 aliphatic carbocycles. The number of carbonyl (C=O) groups is 2. The van der Waals surface area contributed by atoms with E-state index in [9.17, 15) is 9.59 Å². The van der Waals surface area contributed by atoms with E-state index in [2.05, 4.69) is 17.2 Å². The van der Waals surface area contributed by atoms with Crippen molar-refractivity contribution in [1.82, 2.24) is 0 Å². The molecule has 0 unspecified atom stereocenters. The first-order valence-corrected chi connectivity index (χ1v) is 7.60. The molecule has 1 aromatic heterocycles. The van der Waals surface area contributed by atoms with Crippen molar-refractivity contribution in [2.45, 2.75) is 44.6 Å². The third-order valence-corrected chi connectivity index (χ3v) is 3.93. The Kier molecular flexibility index (Phi) is 5.17. The first kappa shape index (κ1) is 15.8. The number of hydrogen-bond donors (Lipinski definition) is 1. The summed E-state index contributed by atoms with van der Waals surface area (Å²) in [7, 11) is 0. The van der Waals surface area contributed by atoms with E-state index in [1.165, 1.54) is 0 Å². The van der Waals surface area contributed by atoms with Gasteiger partial charge in [-0.2, -0.15) is 0 Å². The van der Waals surface area contributed by atoms with Crippen LogP contribution < -0.4 is 10.3 Å². The van der Waals surface area contributed by atoms with Gasteiger partial charge in [-0.25, -0.2) is 4.98 Å². The van der Waals surface area contributed by atoms with Crippen LogP contribution in [0.2, 0.25) is 5.02 Å². The van der Waals surface area contributed by atoms with Crippen molar-refractivity contribution in [3.63, 3.8) is 0 Å². The van der Waals surface area contributed by atoms with Crippen molar-refractivity contribution in [2.24, 2.45) is 0 Å². The molecule has 1 aliphatic heterocycles. The number of aromatic amines is 1. The topological polar surface area (TPSA) is 69.5 Å². The molecular weight excluding hydrogens is 292 g/mol. The molecule has 21 heavy (non-hydrogen) atoms. The third-order valence-electron chi connectivity index (χ3n) is 3.70. The fourth-order valence-corrected chi connectivity index (χ4v) is 2.57. The Morgan fingerprint density at radius 1 is 1.52 bits per heavy atom. The Bertz CT molecular complexity index is 518. The molecule has 6 heteroatoms. The molecule has 0 amide bonds. The fraction of sp³-hybridized carbons (Fsp3) is 0.533. The summed E-state index contributed by atoms with van der Waals surface area (Å²) >= 11 is 5.79. The summed E-state index contributed by atoms with van der Waals surface area (Å²) in [5.41, 5.74) is -0.938. The predicted molar refractivity (Wildman–Crippen MR) is 79.1 cm³/mol. The first-order chi connectivity index (χ1) is 10.1. The molecule has 0 aromatic carbocycles. The van der Waals surface area contributed by atoms with E-state index in [4.69, 9.17) is 16.3 Å². The van der Waals surface area contributed by atoms with Crippen LogP contribution in [0.3, 0.4) is 0 Å². The Morgan fingerprint density at radius 3 is 2.90 bits per heavy atom. The average molecular weight is 312 g/mol. The number of halogens is 1.